The molecule has 4 heteroatoms. The van der Waals surface area contributed by atoms with Crippen LogP contribution in [0.5, 0.6) is 0 Å². The first-order chi connectivity index (χ1) is 8.63. The first kappa shape index (κ1) is 14.7. The van der Waals surface area contributed by atoms with Crippen molar-refractivity contribution in [3.05, 3.63) is 35.9 Å². The van der Waals surface area contributed by atoms with Crippen molar-refractivity contribution in [2.24, 2.45) is 0 Å². The van der Waals surface area contributed by atoms with E-state index >= 15 is 0 Å². The molecule has 0 aliphatic rings. The van der Waals surface area contributed by atoms with Crippen LogP contribution in [0.2, 0.25) is 0 Å². The van der Waals surface area contributed by atoms with Crippen LogP contribution in [-0.2, 0) is 11.3 Å². The highest BCUT2D eigenvalue weighted by atomic mass is 16.3. The molecule has 1 aromatic rings. The van der Waals surface area contributed by atoms with E-state index in [0.717, 1.165) is 5.56 Å². The summed E-state index contributed by atoms with van der Waals surface area (Å²) in [5.74, 6) is -0.0130. The van der Waals surface area contributed by atoms with Gasteiger partial charge in [-0.15, -0.1) is 0 Å². The van der Waals surface area contributed by atoms with Gasteiger partial charge in [0.15, 0.2) is 0 Å². The Balaban J connectivity index is 2.36. The summed E-state index contributed by atoms with van der Waals surface area (Å²) in [4.78, 5) is 13.7. The molecule has 1 aromatic carbocycles. The molecule has 0 aliphatic heterocycles. The van der Waals surface area contributed by atoms with Crippen LogP contribution in [0.4, 0.5) is 0 Å². The van der Waals surface area contributed by atoms with E-state index in [1.165, 1.54) is 0 Å². The molecule has 0 aromatic heterocycles. The van der Waals surface area contributed by atoms with Crippen LogP contribution in [0.15, 0.2) is 30.3 Å². The van der Waals surface area contributed by atoms with Gasteiger partial charge in [0.1, 0.15) is 0 Å². The lowest BCUT2D eigenvalue weighted by molar-refractivity contribution is -0.122. The van der Waals surface area contributed by atoms with Gasteiger partial charge < -0.3 is 10.4 Å². The molecule has 2 N–H and O–H groups in total. The molecule has 0 unspecified atom stereocenters. The van der Waals surface area contributed by atoms with E-state index in [-0.39, 0.29) is 18.6 Å². The second-order valence-electron chi connectivity index (χ2n) is 4.55. The van der Waals surface area contributed by atoms with Crippen molar-refractivity contribution in [2.75, 3.05) is 19.7 Å². The fourth-order valence-electron chi connectivity index (χ4n) is 1.69. The molecule has 0 bridgehead atoms. The standard InChI is InChI=1S/C14H22N2O2/c1-12(2)16(8-9-17)11-14(18)15-10-13-6-4-3-5-7-13/h3-7,12,17H,8-11H2,1-2H3,(H,15,18). The zero-order valence-electron chi connectivity index (χ0n) is 11.1. The first-order valence-corrected chi connectivity index (χ1v) is 6.29. The number of nitrogens with zero attached hydrogens (tertiary/aromatic N) is 1. The zero-order chi connectivity index (χ0) is 13.4. The molecule has 0 saturated heterocycles. The Bertz CT molecular complexity index is 352. The van der Waals surface area contributed by atoms with Gasteiger partial charge in [0, 0.05) is 19.1 Å². The fraction of sp³-hybridized carbons (Fsp3) is 0.500. The molecule has 1 amide bonds. The molecule has 100 valence electrons. The maximum Gasteiger partial charge on any atom is 0.234 e. The normalized spacial score (nSPS) is 10.9. The summed E-state index contributed by atoms with van der Waals surface area (Å²) < 4.78 is 0. The van der Waals surface area contributed by atoms with E-state index < -0.39 is 0 Å². The molecule has 0 saturated carbocycles. The molecular weight excluding hydrogens is 228 g/mol. The maximum absolute atomic E-state index is 11.8. The lowest BCUT2D eigenvalue weighted by atomic mass is 10.2. The van der Waals surface area contributed by atoms with E-state index in [1.54, 1.807) is 0 Å². The number of benzene rings is 1. The number of amides is 1. The third-order valence-electron chi connectivity index (χ3n) is 2.80. The van der Waals surface area contributed by atoms with Crippen molar-refractivity contribution in [1.29, 1.82) is 0 Å². The second-order valence-corrected chi connectivity index (χ2v) is 4.55. The van der Waals surface area contributed by atoms with Crippen molar-refractivity contribution >= 4 is 5.91 Å². The first-order valence-electron chi connectivity index (χ1n) is 6.29. The fourth-order valence-corrected chi connectivity index (χ4v) is 1.69. The number of carbonyl (C=O) groups is 1. The number of nitrogens with one attached hydrogen (secondary N) is 1. The Hall–Kier alpha value is -1.39. The summed E-state index contributed by atoms with van der Waals surface area (Å²) in [5, 5.41) is 11.8. The third-order valence-corrected chi connectivity index (χ3v) is 2.80. The van der Waals surface area contributed by atoms with Crippen LogP contribution in [0.3, 0.4) is 0 Å². The largest absolute Gasteiger partial charge is 0.395 e. The summed E-state index contributed by atoms with van der Waals surface area (Å²) >= 11 is 0. The molecular formula is C14H22N2O2. The highest BCUT2D eigenvalue weighted by Gasteiger charge is 2.12. The van der Waals surface area contributed by atoms with E-state index in [0.29, 0.717) is 19.6 Å². The van der Waals surface area contributed by atoms with Crippen LogP contribution in [0, 0.1) is 0 Å². The summed E-state index contributed by atoms with van der Waals surface area (Å²) in [5.41, 5.74) is 1.09. The van der Waals surface area contributed by atoms with E-state index in [9.17, 15) is 4.79 Å². The third kappa shape index (κ3) is 5.29. The minimum absolute atomic E-state index is 0.0130. The van der Waals surface area contributed by atoms with Gasteiger partial charge in [-0.3, -0.25) is 9.69 Å². The average Bonchev–Trinajstić information content (AvgIpc) is 2.37. The summed E-state index contributed by atoms with van der Waals surface area (Å²) in [7, 11) is 0. The van der Waals surface area contributed by atoms with E-state index in [2.05, 4.69) is 5.32 Å². The summed E-state index contributed by atoms with van der Waals surface area (Å²) in [6.07, 6.45) is 0. The smallest absolute Gasteiger partial charge is 0.234 e. The second kappa shape index (κ2) is 7.84. The minimum atomic E-state index is -0.0130. The van der Waals surface area contributed by atoms with Crippen molar-refractivity contribution in [3.63, 3.8) is 0 Å². The Morgan fingerprint density at radius 2 is 2.00 bits per heavy atom. The quantitative estimate of drug-likeness (QED) is 0.759. The predicted octanol–water partition coefficient (Wildman–Crippen LogP) is 1.01. The van der Waals surface area contributed by atoms with Gasteiger partial charge >= 0.3 is 0 Å². The van der Waals surface area contributed by atoms with Gasteiger partial charge in [-0.25, -0.2) is 0 Å². The number of aliphatic hydroxyl groups is 1. The van der Waals surface area contributed by atoms with Gasteiger partial charge in [-0.1, -0.05) is 30.3 Å². The molecule has 18 heavy (non-hydrogen) atoms. The van der Waals surface area contributed by atoms with Crippen LogP contribution < -0.4 is 5.32 Å². The molecule has 0 fully saturated rings. The minimum Gasteiger partial charge on any atom is -0.395 e. The molecule has 0 spiro atoms. The monoisotopic (exact) mass is 250 g/mol. The molecule has 1 rings (SSSR count). The van der Waals surface area contributed by atoms with Crippen molar-refractivity contribution in [3.8, 4) is 0 Å². The lowest BCUT2D eigenvalue weighted by Gasteiger charge is -2.24. The van der Waals surface area contributed by atoms with Gasteiger partial charge in [0.25, 0.3) is 0 Å². The summed E-state index contributed by atoms with van der Waals surface area (Å²) in [6.45, 7) is 5.50. The molecule has 0 aliphatic carbocycles. The van der Waals surface area contributed by atoms with Crippen molar-refractivity contribution in [1.82, 2.24) is 10.2 Å². The zero-order valence-corrected chi connectivity index (χ0v) is 11.1. The van der Waals surface area contributed by atoms with Crippen LogP contribution in [0.25, 0.3) is 0 Å². The molecule has 0 heterocycles. The Labute approximate surface area is 109 Å². The van der Waals surface area contributed by atoms with Gasteiger partial charge in [-0.2, -0.15) is 0 Å². The predicted molar refractivity (Wildman–Crippen MR) is 72.1 cm³/mol. The molecule has 0 radical (unpaired) electrons. The van der Waals surface area contributed by atoms with Crippen molar-refractivity contribution < 1.29 is 9.90 Å². The number of hydrogen-bond donors (Lipinski definition) is 2. The molecule has 0 atom stereocenters. The van der Waals surface area contributed by atoms with E-state index in [1.807, 2.05) is 49.1 Å². The van der Waals surface area contributed by atoms with Crippen LogP contribution in [-0.4, -0.2) is 41.7 Å². The Morgan fingerprint density at radius 3 is 2.56 bits per heavy atom. The number of rotatable bonds is 7. The van der Waals surface area contributed by atoms with Crippen LogP contribution >= 0.6 is 0 Å². The van der Waals surface area contributed by atoms with E-state index in [4.69, 9.17) is 5.11 Å². The SMILES string of the molecule is CC(C)N(CCO)CC(=O)NCc1ccccc1. The summed E-state index contributed by atoms with van der Waals surface area (Å²) in [6, 6.07) is 10.1. The van der Waals surface area contributed by atoms with Gasteiger partial charge in [-0.05, 0) is 19.4 Å². The van der Waals surface area contributed by atoms with Crippen molar-refractivity contribution in [2.45, 2.75) is 26.4 Å². The maximum atomic E-state index is 11.8. The topological polar surface area (TPSA) is 52.6 Å². The Morgan fingerprint density at radius 1 is 1.33 bits per heavy atom. The van der Waals surface area contributed by atoms with Crippen LogP contribution in [0.1, 0.15) is 19.4 Å². The highest BCUT2D eigenvalue weighted by molar-refractivity contribution is 5.78. The number of hydrogen-bond acceptors (Lipinski definition) is 3. The average molecular weight is 250 g/mol. The number of aliphatic hydroxyl groups excluding tert-OH is 1. The lowest BCUT2D eigenvalue weighted by Crippen LogP contribution is -2.41. The van der Waals surface area contributed by atoms with Gasteiger partial charge in [0.05, 0.1) is 13.2 Å². The molecule has 4 nitrogen and oxygen atoms in total. The van der Waals surface area contributed by atoms with Gasteiger partial charge in [0.2, 0.25) is 5.91 Å². The highest BCUT2D eigenvalue weighted by Crippen LogP contribution is 1.99. The number of carbonyl (C=O) groups excluding carboxylic acids is 1. The Kier molecular flexibility index (Phi) is 6.39.